The lowest BCUT2D eigenvalue weighted by Gasteiger charge is -2.19. The molecule has 0 aromatic carbocycles. The maximum atomic E-state index is 11.8. The van der Waals surface area contributed by atoms with E-state index < -0.39 is 5.60 Å². The first-order valence-electron chi connectivity index (χ1n) is 4.41. The van der Waals surface area contributed by atoms with E-state index in [4.69, 9.17) is 4.74 Å². The van der Waals surface area contributed by atoms with E-state index in [-0.39, 0.29) is 5.97 Å². The quantitative estimate of drug-likeness (QED) is 0.582. The highest BCUT2D eigenvalue weighted by Crippen LogP contribution is 2.30. The summed E-state index contributed by atoms with van der Waals surface area (Å²) in [4.78, 5) is 12.5. The van der Waals surface area contributed by atoms with Gasteiger partial charge in [0, 0.05) is 5.33 Å². The lowest BCUT2D eigenvalue weighted by molar-refractivity contribution is 0.00745. The normalized spacial score (nSPS) is 11.5. The molecule has 0 spiro atoms. The minimum absolute atomic E-state index is 0.257. The van der Waals surface area contributed by atoms with E-state index in [1.807, 2.05) is 26.8 Å². The van der Waals surface area contributed by atoms with Crippen molar-refractivity contribution in [3.8, 4) is 0 Å². The van der Waals surface area contributed by atoms with Crippen LogP contribution in [0.4, 0.5) is 0 Å². The van der Waals surface area contributed by atoms with Crippen molar-refractivity contribution in [3.63, 3.8) is 0 Å². The minimum Gasteiger partial charge on any atom is -0.456 e. The summed E-state index contributed by atoms with van der Waals surface area (Å²) < 4.78 is 6.25. The molecule has 0 aliphatic rings. The Hall–Kier alpha value is 0.130. The summed E-state index contributed by atoms with van der Waals surface area (Å²) in [7, 11) is 0. The van der Waals surface area contributed by atoms with Crippen LogP contribution in [-0.2, 0) is 10.1 Å². The number of ether oxygens (including phenoxy) is 1. The van der Waals surface area contributed by atoms with E-state index in [2.05, 4.69) is 31.9 Å². The molecule has 2 nitrogen and oxygen atoms in total. The Kier molecular flexibility index (Phi) is 4.38. The van der Waals surface area contributed by atoms with Crippen molar-refractivity contribution in [3.05, 3.63) is 20.3 Å². The van der Waals surface area contributed by atoms with Crippen LogP contribution >= 0.6 is 43.2 Å². The van der Waals surface area contributed by atoms with E-state index in [0.717, 1.165) is 9.35 Å². The summed E-state index contributed by atoms with van der Waals surface area (Å²) in [6.07, 6.45) is 0. The molecule has 0 unspecified atom stereocenters. The Morgan fingerprint density at radius 2 is 2.13 bits per heavy atom. The number of halogens is 2. The Bertz CT molecular complexity index is 366. The fourth-order valence-corrected chi connectivity index (χ4v) is 3.16. The summed E-state index contributed by atoms with van der Waals surface area (Å²) in [5, 5.41) is 0.656. The number of hydrogen-bond acceptors (Lipinski definition) is 3. The number of hydrogen-bond donors (Lipinski definition) is 0. The summed E-state index contributed by atoms with van der Waals surface area (Å²) in [6.45, 7) is 5.59. The summed E-state index contributed by atoms with van der Waals surface area (Å²) in [5.74, 6) is -0.257. The van der Waals surface area contributed by atoms with Gasteiger partial charge < -0.3 is 4.74 Å². The maximum absolute atomic E-state index is 11.8. The Morgan fingerprint density at radius 3 is 2.60 bits per heavy atom. The van der Waals surface area contributed by atoms with E-state index >= 15 is 0 Å². The molecule has 0 aliphatic carbocycles. The third-order valence-corrected chi connectivity index (χ3v) is 3.77. The SMILES string of the molecule is CC(C)(C)OC(=O)c1sc(Br)cc1CBr. The molecule has 1 rings (SSSR count). The maximum Gasteiger partial charge on any atom is 0.349 e. The topological polar surface area (TPSA) is 26.3 Å². The number of thiophene rings is 1. The molecule has 1 aromatic rings. The minimum atomic E-state index is -0.447. The van der Waals surface area contributed by atoms with Gasteiger partial charge in [-0.2, -0.15) is 0 Å². The van der Waals surface area contributed by atoms with Crippen LogP contribution in [0.15, 0.2) is 9.85 Å². The van der Waals surface area contributed by atoms with Gasteiger partial charge in [0.05, 0.1) is 3.79 Å². The molecule has 0 saturated heterocycles. The van der Waals surface area contributed by atoms with Crippen molar-refractivity contribution in [1.29, 1.82) is 0 Å². The average Bonchev–Trinajstić information content (AvgIpc) is 2.43. The van der Waals surface area contributed by atoms with Gasteiger partial charge >= 0.3 is 5.97 Å². The lowest BCUT2D eigenvalue weighted by atomic mass is 10.2. The molecule has 15 heavy (non-hydrogen) atoms. The summed E-state index contributed by atoms with van der Waals surface area (Å²) in [6, 6.07) is 1.93. The number of carbonyl (C=O) groups is 1. The fraction of sp³-hybridized carbons (Fsp3) is 0.500. The van der Waals surface area contributed by atoms with Crippen LogP contribution in [0, 0.1) is 0 Å². The van der Waals surface area contributed by atoms with Crippen molar-refractivity contribution >= 4 is 49.2 Å². The third kappa shape index (κ3) is 3.89. The summed E-state index contributed by atoms with van der Waals surface area (Å²) >= 11 is 8.11. The second-order valence-corrected chi connectivity index (χ2v) is 7.03. The molecule has 0 radical (unpaired) electrons. The van der Waals surface area contributed by atoms with Gasteiger partial charge in [0.15, 0.2) is 0 Å². The molecule has 0 fully saturated rings. The van der Waals surface area contributed by atoms with E-state index in [1.54, 1.807) is 0 Å². The van der Waals surface area contributed by atoms with Crippen LogP contribution in [0.5, 0.6) is 0 Å². The molecule has 1 heterocycles. The smallest absolute Gasteiger partial charge is 0.349 e. The molecular weight excluding hydrogens is 344 g/mol. The average molecular weight is 356 g/mol. The van der Waals surface area contributed by atoms with Gasteiger partial charge in [0.25, 0.3) is 0 Å². The molecule has 0 bridgehead atoms. The van der Waals surface area contributed by atoms with Crippen LogP contribution in [0.3, 0.4) is 0 Å². The van der Waals surface area contributed by atoms with E-state index in [9.17, 15) is 4.79 Å². The first-order valence-corrected chi connectivity index (χ1v) is 7.14. The molecule has 5 heteroatoms. The molecular formula is C10H12Br2O2S. The Labute approximate surface area is 110 Å². The number of alkyl halides is 1. The first-order chi connectivity index (χ1) is 6.83. The zero-order valence-corrected chi connectivity index (χ0v) is 12.8. The number of rotatable bonds is 2. The highest BCUT2D eigenvalue weighted by molar-refractivity contribution is 9.11. The molecule has 0 aliphatic heterocycles. The van der Waals surface area contributed by atoms with Gasteiger partial charge in [-0.25, -0.2) is 4.79 Å². The number of carbonyl (C=O) groups excluding carboxylic acids is 1. The van der Waals surface area contributed by atoms with Crippen LogP contribution in [-0.4, -0.2) is 11.6 Å². The zero-order valence-electron chi connectivity index (χ0n) is 8.77. The van der Waals surface area contributed by atoms with E-state index in [0.29, 0.717) is 10.2 Å². The monoisotopic (exact) mass is 354 g/mol. The predicted octanol–water partition coefficient (Wildman–Crippen LogP) is 4.36. The number of esters is 1. The molecule has 1 aromatic heterocycles. The van der Waals surface area contributed by atoms with Crippen molar-refractivity contribution in [2.75, 3.05) is 0 Å². The van der Waals surface area contributed by atoms with Gasteiger partial charge in [-0.3, -0.25) is 0 Å². The Morgan fingerprint density at radius 1 is 1.53 bits per heavy atom. The highest BCUT2D eigenvalue weighted by Gasteiger charge is 2.22. The molecule has 84 valence electrons. The van der Waals surface area contributed by atoms with Crippen LogP contribution in [0.2, 0.25) is 0 Å². The third-order valence-electron chi connectivity index (χ3n) is 1.51. The second-order valence-electron chi connectivity index (χ2n) is 4.04. The molecule has 0 N–H and O–H groups in total. The summed E-state index contributed by atoms with van der Waals surface area (Å²) in [5.41, 5.74) is 0.512. The standard InChI is InChI=1S/C10H12Br2O2S/c1-10(2,3)14-9(13)8-6(5-11)4-7(12)15-8/h4H,5H2,1-3H3. The van der Waals surface area contributed by atoms with Crippen molar-refractivity contribution < 1.29 is 9.53 Å². The van der Waals surface area contributed by atoms with Crippen LogP contribution in [0.25, 0.3) is 0 Å². The van der Waals surface area contributed by atoms with Gasteiger partial charge in [0.2, 0.25) is 0 Å². The Balaban J connectivity index is 2.91. The van der Waals surface area contributed by atoms with Crippen molar-refractivity contribution in [2.24, 2.45) is 0 Å². The second kappa shape index (κ2) is 4.97. The van der Waals surface area contributed by atoms with Crippen molar-refractivity contribution in [1.82, 2.24) is 0 Å². The predicted molar refractivity (Wildman–Crippen MR) is 69.8 cm³/mol. The highest BCUT2D eigenvalue weighted by atomic mass is 79.9. The van der Waals surface area contributed by atoms with Gasteiger partial charge in [-0.15, -0.1) is 11.3 Å². The lowest BCUT2D eigenvalue weighted by Crippen LogP contribution is -2.23. The zero-order chi connectivity index (χ0) is 11.6. The first kappa shape index (κ1) is 13.2. The van der Waals surface area contributed by atoms with Gasteiger partial charge in [-0.05, 0) is 48.3 Å². The van der Waals surface area contributed by atoms with Crippen molar-refractivity contribution in [2.45, 2.75) is 31.7 Å². The molecule has 0 amide bonds. The fourth-order valence-electron chi connectivity index (χ4n) is 0.992. The van der Waals surface area contributed by atoms with E-state index in [1.165, 1.54) is 11.3 Å². The largest absolute Gasteiger partial charge is 0.456 e. The van der Waals surface area contributed by atoms with Gasteiger partial charge in [0.1, 0.15) is 10.5 Å². The van der Waals surface area contributed by atoms with Gasteiger partial charge in [-0.1, -0.05) is 15.9 Å². The van der Waals surface area contributed by atoms with Crippen LogP contribution < -0.4 is 0 Å². The molecule has 0 saturated carbocycles. The molecule has 0 atom stereocenters. The van der Waals surface area contributed by atoms with Crippen LogP contribution in [0.1, 0.15) is 36.0 Å².